The van der Waals surface area contributed by atoms with E-state index in [1.165, 1.54) is 32.1 Å². The van der Waals surface area contributed by atoms with Crippen LogP contribution in [0, 0.1) is 0 Å². The molecule has 0 radical (unpaired) electrons. The summed E-state index contributed by atoms with van der Waals surface area (Å²) < 4.78 is 0. The molecule has 0 aromatic heterocycles. The first-order valence-corrected chi connectivity index (χ1v) is 6.37. The summed E-state index contributed by atoms with van der Waals surface area (Å²) in [5.41, 5.74) is 0. The van der Waals surface area contributed by atoms with E-state index < -0.39 is 0 Å². The van der Waals surface area contributed by atoms with Gasteiger partial charge in [0.25, 0.3) is 0 Å². The third-order valence-corrected chi connectivity index (χ3v) is 2.82. The fourth-order valence-electron chi connectivity index (χ4n) is 1.88. The maximum Gasteiger partial charge on any atom is 0.111 e. The molecule has 88 valence electrons. The molecule has 0 spiro atoms. The molecule has 0 fully saturated rings. The van der Waals surface area contributed by atoms with Crippen LogP contribution in [0.3, 0.4) is 0 Å². The quantitative estimate of drug-likeness (QED) is 0.602. The molecule has 0 saturated carbocycles. The molecule has 1 aliphatic heterocycles. The minimum atomic E-state index is 0.607. The second-order valence-electron chi connectivity index (χ2n) is 4.26. The summed E-state index contributed by atoms with van der Waals surface area (Å²) in [6.07, 6.45) is 6.68. The van der Waals surface area contributed by atoms with Crippen molar-refractivity contribution in [1.82, 2.24) is 10.6 Å². The van der Waals surface area contributed by atoms with Crippen LogP contribution in [0.15, 0.2) is 4.99 Å². The smallest absolute Gasteiger partial charge is 0.111 e. The van der Waals surface area contributed by atoms with Gasteiger partial charge in [0.1, 0.15) is 5.84 Å². The first-order chi connectivity index (χ1) is 7.36. The Morgan fingerprint density at radius 2 is 2.20 bits per heavy atom. The second-order valence-corrected chi connectivity index (χ2v) is 4.26. The number of nitrogens with zero attached hydrogens (tertiary/aromatic N) is 1. The monoisotopic (exact) mass is 211 g/mol. The van der Waals surface area contributed by atoms with Crippen molar-refractivity contribution in [2.75, 3.05) is 19.6 Å². The van der Waals surface area contributed by atoms with Gasteiger partial charge in [0.2, 0.25) is 0 Å². The van der Waals surface area contributed by atoms with Crippen LogP contribution in [-0.4, -0.2) is 31.5 Å². The number of rotatable bonds is 8. The van der Waals surface area contributed by atoms with Crippen molar-refractivity contribution in [3.8, 4) is 0 Å². The van der Waals surface area contributed by atoms with Gasteiger partial charge < -0.3 is 10.6 Å². The number of nitrogens with one attached hydrogen (secondary N) is 2. The molecule has 1 rings (SSSR count). The highest BCUT2D eigenvalue weighted by Crippen LogP contribution is 2.08. The zero-order chi connectivity index (χ0) is 10.9. The molecule has 1 heterocycles. The molecular formula is C12H25N3. The molecule has 3 heteroatoms. The number of unbranched alkanes of at least 4 members (excludes halogenated alkanes) is 3. The molecule has 0 aliphatic carbocycles. The molecule has 0 amide bonds. The van der Waals surface area contributed by atoms with Gasteiger partial charge in [-0.1, -0.05) is 39.5 Å². The summed E-state index contributed by atoms with van der Waals surface area (Å²) in [6, 6.07) is 0.607. The van der Waals surface area contributed by atoms with Crippen molar-refractivity contribution in [2.24, 2.45) is 4.99 Å². The Hall–Kier alpha value is -0.570. The van der Waals surface area contributed by atoms with Crippen LogP contribution in [0.25, 0.3) is 0 Å². The van der Waals surface area contributed by atoms with E-state index in [0.29, 0.717) is 6.04 Å². The lowest BCUT2D eigenvalue weighted by molar-refractivity contribution is 0.539. The minimum absolute atomic E-state index is 0.607. The first kappa shape index (κ1) is 12.5. The van der Waals surface area contributed by atoms with Crippen molar-refractivity contribution >= 4 is 5.84 Å². The maximum absolute atomic E-state index is 4.50. The molecule has 0 bridgehead atoms. The first-order valence-electron chi connectivity index (χ1n) is 6.37. The SMILES string of the molecule is CCCCCC[C@H]1CN=C(CNCC)N1. The van der Waals surface area contributed by atoms with Gasteiger partial charge in [0, 0.05) is 6.04 Å². The second kappa shape index (κ2) is 7.69. The van der Waals surface area contributed by atoms with Gasteiger partial charge in [-0.05, 0) is 13.0 Å². The van der Waals surface area contributed by atoms with E-state index in [1.807, 2.05) is 0 Å². The van der Waals surface area contributed by atoms with Gasteiger partial charge in [-0.2, -0.15) is 0 Å². The Morgan fingerprint density at radius 3 is 2.93 bits per heavy atom. The Balaban J connectivity index is 2.01. The lowest BCUT2D eigenvalue weighted by Gasteiger charge is -2.11. The molecule has 0 unspecified atom stereocenters. The van der Waals surface area contributed by atoms with Gasteiger partial charge in [-0.15, -0.1) is 0 Å². The van der Waals surface area contributed by atoms with Gasteiger partial charge >= 0.3 is 0 Å². The normalized spacial score (nSPS) is 20.1. The molecule has 1 atom stereocenters. The predicted octanol–water partition coefficient (Wildman–Crippen LogP) is 1.94. The van der Waals surface area contributed by atoms with E-state index in [2.05, 4.69) is 29.5 Å². The van der Waals surface area contributed by atoms with Crippen molar-refractivity contribution < 1.29 is 0 Å². The minimum Gasteiger partial charge on any atom is -0.368 e. The molecular weight excluding hydrogens is 186 g/mol. The third-order valence-electron chi connectivity index (χ3n) is 2.82. The summed E-state index contributed by atoms with van der Waals surface area (Å²) in [5.74, 6) is 1.15. The Bertz CT molecular complexity index is 189. The average molecular weight is 211 g/mol. The summed E-state index contributed by atoms with van der Waals surface area (Å²) >= 11 is 0. The van der Waals surface area contributed by atoms with Gasteiger partial charge in [0.05, 0.1) is 13.1 Å². The largest absolute Gasteiger partial charge is 0.368 e. The van der Waals surface area contributed by atoms with E-state index >= 15 is 0 Å². The maximum atomic E-state index is 4.50. The molecule has 1 aliphatic rings. The number of hydrogen-bond donors (Lipinski definition) is 2. The van der Waals surface area contributed by atoms with E-state index in [0.717, 1.165) is 25.5 Å². The molecule has 3 nitrogen and oxygen atoms in total. The Morgan fingerprint density at radius 1 is 1.33 bits per heavy atom. The zero-order valence-corrected chi connectivity index (χ0v) is 10.2. The van der Waals surface area contributed by atoms with Crippen molar-refractivity contribution in [3.63, 3.8) is 0 Å². The van der Waals surface area contributed by atoms with Crippen LogP contribution in [0.2, 0.25) is 0 Å². The molecule has 0 aromatic rings. The predicted molar refractivity (Wildman–Crippen MR) is 66.5 cm³/mol. The van der Waals surface area contributed by atoms with E-state index in [9.17, 15) is 0 Å². The highest BCUT2D eigenvalue weighted by molar-refractivity contribution is 5.85. The van der Waals surface area contributed by atoms with Crippen molar-refractivity contribution in [2.45, 2.75) is 52.0 Å². The van der Waals surface area contributed by atoms with Gasteiger partial charge in [-0.25, -0.2) is 0 Å². The van der Waals surface area contributed by atoms with Crippen LogP contribution in [0.4, 0.5) is 0 Å². The van der Waals surface area contributed by atoms with E-state index in [1.54, 1.807) is 0 Å². The van der Waals surface area contributed by atoms with Crippen LogP contribution in [-0.2, 0) is 0 Å². The summed E-state index contributed by atoms with van der Waals surface area (Å²) in [6.45, 7) is 7.28. The molecule has 15 heavy (non-hydrogen) atoms. The highest BCUT2D eigenvalue weighted by atomic mass is 15.1. The molecule has 0 saturated heterocycles. The fraction of sp³-hybridized carbons (Fsp3) is 0.917. The van der Waals surface area contributed by atoms with Crippen LogP contribution in [0.1, 0.15) is 46.0 Å². The average Bonchev–Trinajstić information content (AvgIpc) is 2.69. The van der Waals surface area contributed by atoms with E-state index in [4.69, 9.17) is 0 Å². The fourth-order valence-corrected chi connectivity index (χ4v) is 1.88. The topological polar surface area (TPSA) is 36.4 Å². The third kappa shape index (κ3) is 5.17. The standard InChI is InChI=1S/C12H25N3/c1-3-5-6-7-8-11-9-14-12(15-11)10-13-4-2/h11,13H,3-10H2,1-2H3,(H,14,15)/t11-/m0/s1. The molecule has 0 aromatic carbocycles. The van der Waals surface area contributed by atoms with Crippen LogP contribution >= 0.6 is 0 Å². The Kier molecular flexibility index (Phi) is 6.41. The number of likely N-dealkylation sites (N-methyl/N-ethyl adjacent to an activating group) is 1. The lowest BCUT2D eigenvalue weighted by Crippen LogP contribution is -2.36. The van der Waals surface area contributed by atoms with Gasteiger partial charge in [-0.3, -0.25) is 4.99 Å². The highest BCUT2D eigenvalue weighted by Gasteiger charge is 2.15. The summed E-state index contributed by atoms with van der Waals surface area (Å²) in [7, 11) is 0. The molecule has 2 N–H and O–H groups in total. The van der Waals surface area contributed by atoms with Crippen LogP contribution < -0.4 is 10.6 Å². The van der Waals surface area contributed by atoms with Crippen molar-refractivity contribution in [3.05, 3.63) is 0 Å². The van der Waals surface area contributed by atoms with Gasteiger partial charge in [0.15, 0.2) is 0 Å². The van der Waals surface area contributed by atoms with Crippen molar-refractivity contribution in [1.29, 1.82) is 0 Å². The van der Waals surface area contributed by atoms with Crippen LogP contribution in [0.5, 0.6) is 0 Å². The summed E-state index contributed by atoms with van der Waals surface area (Å²) in [5, 5.41) is 6.78. The number of amidine groups is 1. The number of hydrogen-bond acceptors (Lipinski definition) is 3. The zero-order valence-electron chi connectivity index (χ0n) is 10.2. The van der Waals surface area contributed by atoms with E-state index in [-0.39, 0.29) is 0 Å². The lowest BCUT2D eigenvalue weighted by atomic mass is 10.1. The Labute approximate surface area is 93.7 Å². The summed E-state index contributed by atoms with van der Waals surface area (Å²) in [4.78, 5) is 4.50. The number of aliphatic imine (C=N–C) groups is 1.